The van der Waals surface area contributed by atoms with Crippen LogP contribution >= 0.6 is 0 Å². The summed E-state index contributed by atoms with van der Waals surface area (Å²) in [6.07, 6.45) is 1.72. The molecule has 0 spiro atoms. The van der Waals surface area contributed by atoms with Crippen molar-refractivity contribution in [3.05, 3.63) is 66.0 Å². The Morgan fingerprint density at radius 3 is 2.87 bits per heavy atom. The third kappa shape index (κ3) is 4.18. The van der Waals surface area contributed by atoms with Gasteiger partial charge in [-0.2, -0.15) is 5.26 Å². The van der Waals surface area contributed by atoms with Crippen molar-refractivity contribution < 1.29 is 9.32 Å². The lowest BCUT2D eigenvalue weighted by Gasteiger charge is -2.39. The number of nitrogens with zero attached hydrogens (tertiary/aromatic N) is 4. The number of carbonyl (C=O) groups is 1. The van der Waals surface area contributed by atoms with Crippen molar-refractivity contribution in [2.45, 2.75) is 25.8 Å². The molecule has 0 aliphatic carbocycles. The van der Waals surface area contributed by atoms with E-state index in [1.165, 1.54) is 0 Å². The number of hydrogen-bond acceptors (Lipinski definition) is 6. The van der Waals surface area contributed by atoms with Crippen LogP contribution in [-0.4, -0.2) is 35.2 Å². The summed E-state index contributed by atoms with van der Waals surface area (Å²) in [7, 11) is 0. The number of nitrogens with one attached hydrogen (secondary N) is 1. The second-order valence-corrected chi connectivity index (χ2v) is 7.42. The quantitative estimate of drug-likeness (QED) is 0.701. The standard InChI is InChI=1S/C23H23N5O2/c1-2-16-15-28(22-10-6-9-18(14-24)25-22)12-11-19(16)26-23(29)20-13-21(30-27-20)17-7-4-3-5-8-17/h3-10,13,16,19H,2,11-12,15H2,1H3,(H,26,29)/t16-,19+/m1/s1. The zero-order valence-electron chi connectivity index (χ0n) is 16.8. The van der Waals surface area contributed by atoms with Gasteiger partial charge in [-0.05, 0) is 30.9 Å². The number of benzene rings is 1. The smallest absolute Gasteiger partial charge is 0.273 e. The molecule has 1 N–H and O–H groups in total. The highest BCUT2D eigenvalue weighted by atomic mass is 16.5. The summed E-state index contributed by atoms with van der Waals surface area (Å²) in [4.78, 5) is 19.3. The summed E-state index contributed by atoms with van der Waals surface area (Å²) < 4.78 is 5.36. The molecule has 30 heavy (non-hydrogen) atoms. The number of carbonyl (C=O) groups excluding carboxylic acids is 1. The molecule has 1 fully saturated rings. The van der Waals surface area contributed by atoms with Gasteiger partial charge in [0.05, 0.1) is 0 Å². The van der Waals surface area contributed by atoms with Crippen LogP contribution in [-0.2, 0) is 0 Å². The molecule has 1 aliphatic rings. The van der Waals surface area contributed by atoms with Gasteiger partial charge in [0.2, 0.25) is 0 Å². The topological polar surface area (TPSA) is 95.1 Å². The van der Waals surface area contributed by atoms with E-state index in [0.29, 0.717) is 11.5 Å². The molecule has 1 aliphatic heterocycles. The molecule has 1 amide bonds. The molecule has 3 heterocycles. The van der Waals surface area contributed by atoms with Gasteiger partial charge in [0.15, 0.2) is 11.5 Å². The summed E-state index contributed by atoms with van der Waals surface area (Å²) >= 11 is 0. The maximum Gasteiger partial charge on any atom is 0.273 e. The van der Waals surface area contributed by atoms with Gasteiger partial charge in [0.1, 0.15) is 17.6 Å². The Hall–Kier alpha value is -3.66. The molecule has 0 unspecified atom stereocenters. The molecule has 0 radical (unpaired) electrons. The molecular weight excluding hydrogens is 378 g/mol. The van der Waals surface area contributed by atoms with Crippen LogP contribution in [0.3, 0.4) is 0 Å². The number of rotatable bonds is 5. The van der Waals surface area contributed by atoms with Crippen LogP contribution in [0.15, 0.2) is 59.1 Å². The van der Waals surface area contributed by atoms with Crippen molar-refractivity contribution in [3.8, 4) is 17.4 Å². The van der Waals surface area contributed by atoms with Gasteiger partial charge in [-0.25, -0.2) is 4.98 Å². The first-order valence-electron chi connectivity index (χ1n) is 10.1. The van der Waals surface area contributed by atoms with Crippen molar-refractivity contribution in [2.75, 3.05) is 18.0 Å². The molecule has 7 nitrogen and oxygen atoms in total. The summed E-state index contributed by atoms with van der Waals surface area (Å²) in [5.74, 6) is 1.44. The van der Waals surface area contributed by atoms with E-state index < -0.39 is 0 Å². The molecule has 2 aromatic heterocycles. The van der Waals surface area contributed by atoms with Gasteiger partial charge >= 0.3 is 0 Å². The lowest BCUT2D eigenvalue weighted by molar-refractivity contribution is 0.0904. The molecule has 4 rings (SSSR count). The number of hydrogen-bond donors (Lipinski definition) is 1. The minimum atomic E-state index is -0.220. The van der Waals surface area contributed by atoms with E-state index >= 15 is 0 Å². The Balaban J connectivity index is 1.42. The van der Waals surface area contributed by atoms with Crippen LogP contribution < -0.4 is 10.2 Å². The highest BCUT2D eigenvalue weighted by molar-refractivity contribution is 5.93. The van der Waals surface area contributed by atoms with Crippen molar-refractivity contribution in [3.63, 3.8) is 0 Å². The molecule has 152 valence electrons. The molecule has 0 saturated carbocycles. The van der Waals surface area contributed by atoms with Crippen LogP contribution in [0.4, 0.5) is 5.82 Å². The Morgan fingerprint density at radius 2 is 2.10 bits per heavy atom. The number of pyridine rings is 1. The minimum absolute atomic E-state index is 0.0507. The zero-order valence-corrected chi connectivity index (χ0v) is 16.8. The fourth-order valence-corrected chi connectivity index (χ4v) is 3.87. The first kappa shape index (κ1) is 19.6. The predicted molar refractivity (Wildman–Crippen MR) is 113 cm³/mol. The Labute approximate surface area is 175 Å². The maximum absolute atomic E-state index is 12.8. The van der Waals surface area contributed by atoms with Crippen LogP contribution in [0.2, 0.25) is 0 Å². The number of amides is 1. The molecule has 2 atom stereocenters. The fraction of sp³-hybridized carbons (Fsp3) is 0.304. The van der Waals surface area contributed by atoms with Crippen LogP contribution in [0.1, 0.15) is 35.9 Å². The zero-order chi connectivity index (χ0) is 20.9. The van der Waals surface area contributed by atoms with E-state index in [0.717, 1.165) is 37.3 Å². The van der Waals surface area contributed by atoms with E-state index in [-0.39, 0.29) is 23.6 Å². The Kier molecular flexibility index (Phi) is 5.75. The first-order chi connectivity index (χ1) is 14.7. The van der Waals surface area contributed by atoms with Crippen LogP contribution in [0, 0.1) is 17.2 Å². The first-order valence-corrected chi connectivity index (χ1v) is 10.1. The second kappa shape index (κ2) is 8.78. The predicted octanol–water partition coefficient (Wildman–Crippen LogP) is 3.64. The van der Waals surface area contributed by atoms with Crippen molar-refractivity contribution in [1.82, 2.24) is 15.5 Å². The Bertz CT molecular complexity index is 1060. The van der Waals surface area contributed by atoms with E-state index in [1.54, 1.807) is 12.1 Å². The number of anilines is 1. The normalized spacial score (nSPS) is 18.6. The van der Waals surface area contributed by atoms with E-state index in [1.807, 2.05) is 42.5 Å². The number of aromatic nitrogens is 2. The average molecular weight is 401 g/mol. The monoisotopic (exact) mass is 401 g/mol. The van der Waals surface area contributed by atoms with Crippen molar-refractivity contribution >= 4 is 11.7 Å². The summed E-state index contributed by atoms with van der Waals surface area (Å²) in [5, 5.41) is 16.2. The van der Waals surface area contributed by atoms with E-state index in [2.05, 4.69) is 33.4 Å². The van der Waals surface area contributed by atoms with Gasteiger partial charge in [0, 0.05) is 30.8 Å². The number of piperidine rings is 1. The molecule has 7 heteroatoms. The molecular formula is C23H23N5O2. The van der Waals surface area contributed by atoms with E-state index in [9.17, 15) is 4.79 Å². The largest absolute Gasteiger partial charge is 0.356 e. The second-order valence-electron chi connectivity index (χ2n) is 7.42. The van der Waals surface area contributed by atoms with E-state index in [4.69, 9.17) is 9.78 Å². The third-order valence-corrected chi connectivity index (χ3v) is 5.55. The summed E-state index contributed by atoms with van der Waals surface area (Å²) in [6.45, 7) is 3.66. The summed E-state index contributed by atoms with van der Waals surface area (Å²) in [6, 6.07) is 18.9. The minimum Gasteiger partial charge on any atom is -0.356 e. The van der Waals surface area contributed by atoms with Gasteiger partial charge in [-0.1, -0.05) is 48.5 Å². The number of nitriles is 1. The van der Waals surface area contributed by atoms with Gasteiger partial charge in [0.25, 0.3) is 5.91 Å². The van der Waals surface area contributed by atoms with Crippen LogP contribution in [0.5, 0.6) is 0 Å². The van der Waals surface area contributed by atoms with Gasteiger partial charge in [-0.3, -0.25) is 4.79 Å². The lowest BCUT2D eigenvalue weighted by Crippen LogP contribution is -2.51. The maximum atomic E-state index is 12.8. The Morgan fingerprint density at radius 1 is 1.27 bits per heavy atom. The molecule has 1 saturated heterocycles. The molecule has 0 bridgehead atoms. The lowest BCUT2D eigenvalue weighted by atomic mass is 9.89. The SMILES string of the molecule is CC[C@@H]1CN(c2cccc(C#N)n2)CC[C@@H]1NC(=O)c1cc(-c2ccccc2)on1. The third-order valence-electron chi connectivity index (χ3n) is 5.55. The highest BCUT2D eigenvalue weighted by Gasteiger charge is 2.30. The molecule has 3 aromatic rings. The van der Waals surface area contributed by atoms with Crippen molar-refractivity contribution in [1.29, 1.82) is 5.26 Å². The molecule has 1 aromatic carbocycles. The van der Waals surface area contributed by atoms with Crippen molar-refractivity contribution in [2.24, 2.45) is 5.92 Å². The van der Waals surface area contributed by atoms with Gasteiger partial charge < -0.3 is 14.7 Å². The fourth-order valence-electron chi connectivity index (χ4n) is 3.87. The van der Waals surface area contributed by atoms with Gasteiger partial charge in [-0.15, -0.1) is 0 Å². The highest BCUT2D eigenvalue weighted by Crippen LogP contribution is 2.25. The summed E-state index contributed by atoms with van der Waals surface area (Å²) in [5.41, 5.74) is 1.58. The van der Waals surface area contributed by atoms with Crippen LogP contribution in [0.25, 0.3) is 11.3 Å². The average Bonchev–Trinajstić information content (AvgIpc) is 3.30.